The van der Waals surface area contributed by atoms with Crippen LogP contribution in [0.5, 0.6) is 0 Å². The molecule has 0 aliphatic heterocycles. The summed E-state index contributed by atoms with van der Waals surface area (Å²) in [5.74, 6) is 0.680. The Labute approximate surface area is 128 Å². The molecule has 0 saturated carbocycles. The Hall–Kier alpha value is -2.15. The molecule has 0 unspecified atom stereocenters. The lowest BCUT2D eigenvalue weighted by Gasteiger charge is -2.05. The highest BCUT2D eigenvalue weighted by Gasteiger charge is 2.12. The molecule has 6 nitrogen and oxygen atoms in total. The molecule has 0 bridgehead atoms. The number of nitrogens with one attached hydrogen (secondary N) is 2. The Kier molecular flexibility index (Phi) is 3.74. The summed E-state index contributed by atoms with van der Waals surface area (Å²) < 4.78 is 1.47. The second-order valence-electron chi connectivity index (χ2n) is 4.65. The fourth-order valence-electron chi connectivity index (χ4n) is 2.21. The third kappa shape index (κ3) is 2.69. The van der Waals surface area contributed by atoms with Crippen molar-refractivity contribution in [3.05, 3.63) is 62.6 Å². The molecule has 0 aliphatic carbocycles. The minimum Gasteiger partial charge on any atom is -0.336 e. The van der Waals surface area contributed by atoms with Gasteiger partial charge in [-0.1, -0.05) is 46.3 Å². The number of rotatable bonds is 4. The summed E-state index contributed by atoms with van der Waals surface area (Å²) in [4.78, 5) is 33.6. The van der Waals surface area contributed by atoms with Crippen molar-refractivity contribution in [3.63, 3.8) is 0 Å². The smallest absolute Gasteiger partial charge is 0.330 e. The fraction of sp³-hybridized carbons (Fsp3) is 0.214. The third-order valence-electron chi connectivity index (χ3n) is 3.20. The maximum absolute atomic E-state index is 12.1. The van der Waals surface area contributed by atoms with Gasteiger partial charge < -0.3 is 4.98 Å². The van der Waals surface area contributed by atoms with Gasteiger partial charge in [0, 0.05) is 11.8 Å². The van der Waals surface area contributed by atoms with Gasteiger partial charge in [0.1, 0.15) is 11.3 Å². The first-order valence-corrected chi connectivity index (χ1v) is 7.63. The number of hydrogen-bond acceptors (Lipinski definition) is 3. The molecule has 0 fully saturated rings. The Morgan fingerprint density at radius 2 is 1.90 bits per heavy atom. The van der Waals surface area contributed by atoms with Gasteiger partial charge >= 0.3 is 5.69 Å². The van der Waals surface area contributed by atoms with E-state index in [0.717, 1.165) is 10.9 Å². The predicted molar refractivity (Wildman–Crippen MR) is 84.0 cm³/mol. The van der Waals surface area contributed by atoms with Gasteiger partial charge in [-0.05, 0) is 5.56 Å². The van der Waals surface area contributed by atoms with Crippen LogP contribution < -0.4 is 11.2 Å². The number of H-pyrrole nitrogens is 2. The monoisotopic (exact) mass is 348 g/mol. The van der Waals surface area contributed by atoms with E-state index in [1.54, 1.807) is 0 Å². The zero-order valence-electron chi connectivity index (χ0n) is 11.1. The van der Waals surface area contributed by atoms with Crippen molar-refractivity contribution in [3.8, 4) is 0 Å². The highest BCUT2D eigenvalue weighted by molar-refractivity contribution is 9.09. The van der Waals surface area contributed by atoms with E-state index in [0.29, 0.717) is 30.0 Å². The van der Waals surface area contributed by atoms with Crippen molar-refractivity contribution in [2.24, 2.45) is 0 Å². The Balaban J connectivity index is 2.17. The number of nitrogens with zero attached hydrogens (tertiary/aromatic N) is 2. The lowest BCUT2D eigenvalue weighted by atomic mass is 10.2. The summed E-state index contributed by atoms with van der Waals surface area (Å²) >= 11 is 3.33. The van der Waals surface area contributed by atoms with Gasteiger partial charge in [0.05, 0.1) is 6.54 Å². The largest absolute Gasteiger partial charge is 0.336 e. The van der Waals surface area contributed by atoms with E-state index in [9.17, 15) is 9.59 Å². The molecule has 21 heavy (non-hydrogen) atoms. The van der Waals surface area contributed by atoms with Crippen LogP contribution in [-0.2, 0) is 13.0 Å². The molecule has 3 aromatic rings. The van der Waals surface area contributed by atoms with Crippen molar-refractivity contribution in [2.75, 3.05) is 5.33 Å². The first-order valence-electron chi connectivity index (χ1n) is 6.50. The first kappa shape index (κ1) is 13.8. The van der Waals surface area contributed by atoms with Crippen LogP contribution in [0.1, 0.15) is 11.4 Å². The molecular formula is C14H13BrN4O2. The Bertz CT molecular complexity index is 879. The number of alkyl halides is 1. The van der Waals surface area contributed by atoms with Crippen LogP contribution in [-0.4, -0.2) is 24.8 Å². The van der Waals surface area contributed by atoms with Gasteiger partial charge in [-0.15, -0.1) is 0 Å². The Morgan fingerprint density at radius 3 is 2.62 bits per heavy atom. The van der Waals surface area contributed by atoms with E-state index in [4.69, 9.17) is 0 Å². The minimum absolute atomic E-state index is 0.335. The summed E-state index contributed by atoms with van der Waals surface area (Å²) in [5, 5.41) is 0.730. The molecule has 2 aromatic heterocycles. The number of hydrogen-bond donors (Lipinski definition) is 2. The van der Waals surface area contributed by atoms with Crippen LogP contribution in [0.25, 0.3) is 11.2 Å². The molecule has 0 atom stereocenters. The second kappa shape index (κ2) is 5.69. The highest BCUT2D eigenvalue weighted by atomic mass is 79.9. The summed E-state index contributed by atoms with van der Waals surface area (Å²) in [6.07, 6.45) is 0.660. The number of halogens is 1. The van der Waals surface area contributed by atoms with Gasteiger partial charge in [0.2, 0.25) is 0 Å². The van der Waals surface area contributed by atoms with E-state index < -0.39 is 11.2 Å². The standard InChI is InChI=1S/C14H13BrN4O2/c15-7-6-10-16-11-12(17-10)19(14(21)18-13(11)20)8-9-4-2-1-3-5-9/h1-5H,6-8H2,(H,16,17)(H,18,20,21). The van der Waals surface area contributed by atoms with Gasteiger partial charge in [-0.25, -0.2) is 9.78 Å². The van der Waals surface area contributed by atoms with Crippen molar-refractivity contribution < 1.29 is 0 Å². The molecule has 1 aromatic carbocycles. The van der Waals surface area contributed by atoms with E-state index in [2.05, 4.69) is 30.9 Å². The molecule has 0 saturated heterocycles. The minimum atomic E-state index is -0.451. The van der Waals surface area contributed by atoms with Crippen molar-refractivity contribution >= 4 is 27.1 Å². The molecule has 2 N–H and O–H groups in total. The second-order valence-corrected chi connectivity index (χ2v) is 5.45. The zero-order chi connectivity index (χ0) is 14.8. The van der Waals surface area contributed by atoms with Gasteiger partial charge in [0.25, 0.3) is 5.56 Å². The first-order chi connectivity index (χ1) is 10.2. The number of imidazole rings is 1. The van der Waals surface area contributed by atoms with Gasteiger partial charge in [-0.3, -0.25) is 14.3 Å². The number of aromatic amines is 2. The van der Waals surface area contributed by atoms with Crippen molar-refractivity contribution in [1.82, 2.24) is 19.5 Å². The zero-order valence-corrected chi connectivity index (χ0v) is 12.7. The topological polar surface area (TPSA) is 83.5 Å². The normalized spacial score (nSPS) is 11.1. The van der Waals surface area contributed by atoms with Crippen LogP contribution in [0.3, 0.4) is 0 Å². The molecule has 7 heteroatoms. The van der Waals surface area contributed by atoms with E-state index in [1.165, 1.54) is 4.57 Å². The van der Waals surface area contributed by atoms with Crippen LogP contribution in [0.2, 0.25) is 0 Å². The van der Waals surface area contributed by atoms with Crippen LogP contribution in [0, 0.1) is 0 Å². The lowest BCUT2D eigenvalue weighted by Crippen LogP contribution is -2.30. The lowest BCUT2D eigenvalue weighted by molar-refractivity contribution is 0.747. The molecule has 2 heterocycles. The SMILES string of the molecule is O=c1[nH]c(=O)n(Cc2ccccc2)c2nc(CCBr)[nH]c12. The van der Waals surface area contributed by atoms with Crippen LogP contribution in [0.4, 0.5) is 0 Å². The molecule has 3 rings (SSSR count). The fourth-order valence-corrected chi connectivity index (χ4v) is 2.58. The molecular weight excluding hydrogens is 336 g/mol. The van der Waals surface area contributed by atoms with Crippen molar-refractivity contribution in [2.45, 2.75) is 13.0 Å². The summed E-state index contributed by atoms with van der Waals surface area (Å²) in [5.41, 5.74) is 0.809. The van der Waals surface area contributed by atoms with E-state index in [1.807, 2.05) is 30.3 Å². The van der Waals surface area contributed by atoms with Gasteiger partial charge in [-0.2, -0.15) is 0 Å². The summed E-state index contributed by atoms with van der Waals surface area (Å²) in [6.45, 7) is 0.367. The number of aryl methyl sites for hydroxylation is 1. The maximum Gasteiger partial charge on any atom is 0.330 e. The number of aromatic nitrogens is 4. The average molecular weight is 349 g/mol. The maximum atomic E-state index is 12.1. The molecule has 108 valence electrons. The summed E-state index contributed by atoms with van der Waals surface area (Å²) in [7, 11) is 0. The van der Waals surface area contributed by atoms with Crippen LogP contribution >= 0.6 is 15.9 Å². The molecule has 0 radical (unpaired) electrons. The molecule has 0 spiro atoms. The molecule has 0 amide bonds. The highest BCUT2D eigenvalue weighted by Crippen LogP contribution is 2.09. The molecule has 0 aliphatic rings. The summed E-state index contributed by atoms with van der Waals surface area (Å²) in [6, 6.07) is 9.58. The number of benzene rings is 1. The predicted octanol–water partition coefficient (Wildman–Crippen LogP) is 1.40. The van der Waals surface area contributed by atoms with Gasteiger partial charge in [0.15, 0.2) is 5.65 Å². The van der Waals surface area contributed by atoms with Crippen molar-refractivity contribution in [1.29, 1.82) is 0 Å². The third-order valence-corrected chi connectivity index (χ3v) is 3.59. The quantitative estimate of drug-likeness (QED) is 0.699. The average Bonchev–Trinajstić information content (AvgIpc) is 2.89. The van der Waals surface area contributed by atoms with E-state index in [-0.39, 0.29) is 0 Å². The van der Waals surface area contributed by atoms with Crippen LogP contribution in [0.15, 0.2) is 39.9 Å². The Morgan fingerprint density at radius 1 is 1.14 bits per heavy atom. The van der Waals surface area contributed by atoms with E-state index >= 15 is 0 Å². The number of fused-ring (bicyclic) bond motifs is 1.